The third kappa shape index (κ3) is 3.92. The largest absolute Gasteiger partial charge is 0.328 e. The van der Waals surface area contributed by atoms with Crippen LogP contribution in [0.4, 0.5) is 0 Å². The van der Waals surface area contributed by atoms with Crippen molar-refractivity contribution in [3.63, 3.8) is 0 Å². The van der Waals surface area contributed by atoms with Gasteiger partial charge in [-0.25, -0.2) is 0 Å². The SMILES string of the molecule is CCc1ccc(C2CNCCN2C(=O)c2ccn(C3CCCNC3)n2)cc1. The summed E-state index contributed by atoms with van der Waals surface area (Å²) in [6, 6.07) is 10.9. The van der Waals surface area contributed by atoms with Gasteiger partial charge in [0.25, 0.3) is 5.91 Å². The Kier molecular flexibility index (Phi) is 5.55. The van der Waals surface area contributed by atoms with Crippen molar-refractivity contribution in [2.45, 2.75) is 38.3 Å². The summed E-state index contributed by atoms with van der Waals surface area (Å²) in [6.07, 6.45) is 5.25. The number of hydrogen-bond acceptors (Lipinski definition) is 4. The normalized spacial score (nSPS) is 23.4. The Hall–Kier alpha value is -2.18. The smallest absolute Gasteiger partial charge is 0.274 e. The average molecular weight is 367 g/mol. The second-order valence-corrected chi connectivity index (χ2v) is 7.49. The van der Waals surface area contributed by atoms with E-state index in [1.807, 2.05) is 21.8 Å². The molecule has 2 unspecified atom stereocenters. The lowest BCUT2D eigenvalue weighted by Gasteiger charge is -2.36. The van der Waals surface area contributed by atoms with Crippen molar-refractivity contribution in [1.29, 1.82) is 0 Å². The molecule has 1 amide bonds. The quantitative estimate of drug-likeness (QED) is 0.869. The van der Waals surface area contributed by atoms with Crippen LogP contribution in [-0.4, -0.2) is 53.3 Å². The minimum atomic E-state index is 0.0311. The second kappa shape index (κ2) is 8.23. The lowest BCUT2D eigenvalue weighted by molar-refractivity contribution is 0.0626. The zero-order chi connectivity index (χ0) is 18.6. The van der Waals surface area contributed by atoms with Crippen molar-refractivity contribution in [3.8, 4) is 0 Å². The van der Waals surface area contributed by atoms with Gasteiger partial charge in [0.15, 0.2) is 0 Å². The monoisotopic (exact) mass is 367 g/mol. The fraction of sp³-hybridized carbons (Fsp3) is 0.524. The summed E-state index contributed by atoms with van der Waals surface area (Å²) in [5, 5.41) is 11.5. The van der Waals surface area contributed by atoms with Crippen LogP contribution in [0.3, 0.4) is 0 Å². The van der Waals surface area contributed by atoms with Crippen LogP contribution in [0.2, 0.25) is 0 Å². The summed E-state index contributed by atoms with van der Waals surface area (Å²) in [7, 11) is 0. The summed E-state index contributed by atoms with van der Waals surface area (Å²) in [6.45, 7) is 6.47. The molecule has 1 aromatic carbocycles. The maximum atomic E-state index is 13.2. The third-order valence-corrected chi connectivity index (χ3v) is 5.75. The van der Waals surface area contributed by atoms with Gasteiger partial charge in [0.05, 0.1) is 12.1 Å². The van der Waals surface area contributed by atoms with E-state index in [0.29, 0.717) is 18.3 Å². The number of piperidine rings is 1. The van der Waals surface area contributed by atoms with Crippen LogP contribution in [0.1, 0.15) is 53.5 Å². The van der Waals surface area contributed by atoms with Crippen LogP contribution in [-0.2, 0) is 6.42 Å². The van der Waals surface area contributed by atoms with E-state index in [9.17, 15) is 4.79 Å². The van der Waals surface area contributed by atoms with E-state index in [1.165, 1.54) is 11.1 Å². The molecule has 1 aromatic heterocycles. The zero-order valence-electron chi connectivity index (χ0n) is 16.0. The van der Waals surface area contributed by atoms with Gasteiger partial charge in [-0.15, -0.1) is 0 Å². The first-order valence-electron chi connectivity index (χ1n) is 10.1. The molecule has 2 aliphatic rings. The van der Waals surface area contributed by atoms with Crippen molar-refractivity contribution >= 4 is 5.91 Å². The molecule has 0 saturated carbocycles. The number of nitrogens with one attached hydrogen (secondary N) is 2. The summed E-state index contributed by atoms with van der Waals surface area (Å²) >= 11 is 0. The Balaban J connectivity index is 1.52. The van der Waals surface area contributed by atoms with Crippen molar-refractivity contribution in [2.75, 3.05) is 32.7 Å². The fourth-order valence-electron chi connectivity index (χ4n) is 4.08. The molecule has 2 aromatic rings. The molecule has 2 aliphatic heterocycles. The van der Waals surface area contributed by atoms with Crippen molar-refractivity contribution < 1.29 is 4.79 Å². The highest BCUT2D eigenvalue weighted by Crippen LogP contribution is 2.25. The molecule has 4 rings (SSSR count). The van der Waals surface area contributed by atoms with Gasteiger partial charge < -0.3 is 15.5 Å². The standard InChI is InChI=1S/C21H29N5O/c1-2-16-5-7-17(8-6-16)20-15-23-11-13-25(20)21(27)19-9-12-26(24-19)18-4-3-10-22-14-18/h5-9,12,18,20,22-23H,2-4,10-11,13-15H2,1H3. The minimum absolute atomic E-state index is 0.0311. The molecule has 0 spiro atoms. The van der Waals surface area contributed by atoms with Gasteiger partial charge in [0, 0.05) is 32.4 Å². The number of piperazine rings is 1. The van der Waals surface area contributed by atoms with Crippen molar-refractivity contribution in [2.24, 2.45) is 0 Å². The number of aromatic nitrogens is 2. The number of carbonyl (C=O) groups excluding carboxylic acids is 1. The number of hydrogen-bond donors (Lipinski definition) is 2. The van der Waals surface area contributed by atoms with E-state index in [4.69, 9.17) is 0 Å². The Labute approximate surface area is 160 Å². The van der Waals surface area contributed by atoms with Gasteiger partial charge in [0.1, 0.15) is 5.69 Å². The first kappa shape index (κ1) is 18.2. The van der Waals surface area contributed by atoms with Crippen LogP contribution in [0.25, 0.3) is 0 Å². The molecule has 6 nitrogen and oxygen atoms in total. The van der Waals surface area contributed by atoms with Gasteiger partial charge in [0.2, 0.25) is 0 Å². The Morgan fingerprint density at radius 3 is 2.70 bits per heavy atom. The van der Waals surface area contributed by atoms with Crippen LogP contribution in [0.15, 0.2) is 36.5 Å². The first-order chi connectivity index (χ1) is 13.3. The first-order valence-corrected chi connectivity index (χ1v) is 10.1. The lowest BCUT2D eigenvalue weighted by Crippen LogP contribution is -2.48. The van der Waals surface area contributed by atoms with Gasteiger partial charge >= 0.3 is 0 Å². The number of benzene rings is 1. The molecule has 2 N–H and O–H groups in total. The predicted octanol–water partition coefficient (Wildman–Crippen LogP) is 2.16. The summed E-state index contributed by atoms with van der Waals surface area (Å²) < 4.78 is 1.96. The number of aryl methyl sites for hydroxylation is 1. The lowest BCUT2D eigenvalue weighted by atomic mass is 10.0. The molecule has 0 radical (unpaired) electrons. The topological polar surface area (TPSA) is 62.2 Å². The van der Waals surface area contributed by atoms with Crippen molar-refractivity contribution in [3.05, 3.63) is 53.3 Å². The summed E-state index contributed by atoms with van der Waals surface area (Å²) in [5.41, 5.74) is 3.06. The van der Waals surface area contributed by atoms with E-state index in [1.54, 1.807) is 0 Å². The molecule has 0 bridgehead atoms. The van der Waals surface area contributed by atoms with Crippen LogP contribution >= 0.6 is 0 Å². The molecule has 6 heteroatoms. The number of nitrogens with zero attached hydrogens (tertiary/aromatic N) is 3. The van der Waals surface area contributed by atoms with E-state index < -0.39 is 0 Å². The van der Waals surface area contributed by atoms with E-state index >= 15 is 0 Å². The van der Waals surface area contributed by atoms with Gasteiger partial charge in [-0.2, -0.15) is 5.10 Å². The summed E-state index contributed by atoms with van der Waals surface area (Å²) in [4.78, 5) is 15.2. The summed E-state index contributed by atoms with van der Waals surface area (Å²) in [5.74, 6) is 0.0311. The Morgan fingerprint density at radius 2 is 1.96 bits per heavy atom. The van der Waals surface area contributed by atoms with Crippen LogP contribution in [0, 0.1) is 0 Å². The van der Waals surface area contributed by atoms with E-state index in [2.05, 4.69) is 46.9 Å². The molecule has 27 heavy (non-hydrogen) atoms. The molecule has 144 valence electrons. The molecule has 3 heterocycles. The molecule has 2 atom stereocenters. The predicted molar refractivity (Wildman–Crippen MR) is 106 cm³/mol. The maximum Gasteiger partial charge on any atom is 0.274 e. The Bertz CT molecular complexity index is 763. The van der Waals surface area contributed by atoms with E-state index in [0.717, 1.165) is 45.4 Å². The van der Waals surface area contributed by atoms with Crippen LogP contribution < -0.4 is 10.6 Å². The highest BCUT2D eigenvalue weighted by atomic mass is 16.2. The average Bonchev–Trinajstić information content (AvgIpc) is 3.24. The highest BCUT2D eigenvalue weighted by Gasteiger charge is 2.30. The molecule has 0 aliphatic carbocycles. The molecule has 2 saturated heterocycles. The van der Waals surface area contributed by atoms with Gasteiger partial charge in [-0.05, 0) is 43.0 Å². The van der Waals surface area contributed by atoms with E-state index in [-0.39, 0.29) is 11.9 Å². The maximum absolute atomic E-state index is 13.2. The number of carbonyl (C=O) groups is 1. The molecular weight excluding hydrogens is 338 g/mol. The number of amides is 1. The van der Waals surface area contributed by atoms with Crippen molar-refractivity contribution in [1.82, 2.24) is 25.3 Å². The second-order valence-electron chi connectivity index (χ2n) is 7.49. The minimum Gasteiger partial charge on any atom is -0.328 e. The fourth-order valence-corrected chi connectivity index (χ4v) is 4.08. The Morgan fingerprint density at radius 1 is 1.15 bits per heavy atom. The zero-order valence-corrected chi connectivity index (χ0v) is 16.0. The molecule has 2 fully saturated rings. The third-order valence-electron chi connectivity index (χ3n) is 5.75. The van der Waals surface area contributed by atoms with Gasteiger partial charge in [-0.3, -0.25) is 9.48 Å². The molecular formula is C21H29N5O. The van der Waals surface area contributed by atoms with Crippen LogP contribution in [0.5, 0.6) is 0 Å². The van der Waals surface area contributed by atoms with Gasteiger partial charge in [-0.1, -0.05) is 31.2 Å². The highest BCUT2D eigenvalue weighted by molar-refractivity contribution is 5.92. The number of rotatable bonds is 4.